The van der Waals surface area contributed by atoms with E-state index in [0.717, 1.165) is 11.3 Å². The zero-order valence-corrected chi connectivity index (χ0v) is 12.4. The van der Waals surface area contributed by atoms with E-state index in [1.165, 1.54) is 0 Å². The number of anilines is 3. The third-order valence-electron chi connectivity index (χ3n) is 2.04. The van der Waals surface area contributed by atoms with Gasteiger partial charge >= 0.3 is 0 Å². The van der Waals surface area contributed by atoms with Crippen molar-refractivity contribution in [2.24, 2.45) is 0 Å². The summed E-state index contributed by atoms with van der Waals surface area (Å²) in [7, 11) is 0. The Labute approximate surface area is 116 Å². The summed E-state index contributed by atoms with van der Waals surface area (Å²) in [4.78, 5) is 8.26. The summed E-state index contributed by atoms with van der Waals surface area (Å²) in [6, 6.07) is 9.73. The highest BCUT2D eigenvalue weighted by molar-refractivity contribution is 5.54. The van der Waals surface area contributed by atoms with Crippen LogP contribution in [-0.2, 0) is 0 Å². The van der Waals surface area contributed by atoms with Crippen molar-refractivity contribution < 1.29 is 0 Å². The number of nitrogen functional groups attached to an aromatic ring is 1. The third-order valence-corrected chi connectivity index (χ3v) is 2.04. The predicted molar refractivity (Wildman–Crippen MR) is 83.6 cm³/mol. The Balaban J connectivity index is 0.000000741. The maximum absolute atomic E-state index is 5.68. The van der Waals surface area contributed by atoms with Gasteiger partial charge in [0.2, 0.25) is 5.95 Å². The van der Waals surface area contributed by atoms with E-state index in [-0.39, 0.29) is 0 Å². The zero-order chi connectivity index (χ0) is 14.7. The first kappa shape index (κ1) is 16.9. The lowest BCUT2D eigenvalue weighted by Crippen LogP contribution is -2.01. The summed E-state index contributed by atoms with van der Waals surface area (Å²) in [6.07, 6.45) is 1.70. The highest BCUT2D eigenvalue weighted by Gasteiger charge is 1.99. The van der Waals surface area contributed by atoms with Gasteiger partial charge in [-0.3, -0.25) is 0 Å². The first-order valence-electron chi connectivity index (χ1n) is 6.67. The van der Waals surface area contributed by atoms with E-state index in [1.807, 2.05) is 65.0 Å². The molecular weight excluding hydrogens is 236 g/mol. The van der Waals surface area contributed by atoms with Gasteiger partial charge in [0.1, 0.15) is 5.82 Å². The van der Waals surface area contributed by atoms with E-state index >= 15 is 0 Å². The molecule has 104 valence electrons. The van der Waals surface area contributed by atoms with Crippen LogP contribution in [0.1, 0.15) is 33.3 Å². The van der Waals surface area contributed by atoms with Crippen LogP contribution in [0.2, 0.25) is 0 Å². The Morgan fingerprint density at radius 3 is 2.11 bits per heavy atom. The number of aromatic nitrogens is 2. The first-order chi connectivity index (χ1) is 9.25. The van der Waals surface area contributed by atoms with Crippen molar-refractivity contribution in [1.29, 1.82) is 0 Å². The largest absolute Gasteiger partial charge is 0.383 e. The number of rotatable bonds is 2. The van der Waals surface area contributed by atoms with Crippen LogP contribution in [0.25, 0.3) is 0 Å². The molecule has 0 atom stereocenters. The van der Waals surface area contributed by atoms with Crippen LogP contribution < -0.4 is 11.1 Å². The summed E-state index contributed by atoms with van der Waals surface area (Å²) in [5.41, 5.74) is 7.51. The second-order valence-corrected chi connectivity index (χ2v) is 3.25. The molecule has 1 aromatic carbocycles. The Kier molecular flexibility index (Phi) is 8.79. The quantitative estimate of drug-likeness (QED) is 0.851. The highest BCUT2D eigenvalue weighted by Crippen LogP contribution is 2.13. The van der Waals surface area contributed by atoms with E-state index in [1.54, 1.807) is 6.20 Å². The van der Waals surface area contributed by atoms with Crippen molar-refractivity contribution >= 4 is 17.5 Å². The molecule has 0 aliphatic heterocycles. The van der Waals surface area contributed by atoms with Gasteiger partial charge in [-0.1, -0.05) is 45.9 Å². The van der Waals surface area contributed by atoms with E-state index in [9.17, 15) is 0 Å². The van der Waals surface area contributed by atoms with Gasteiger partial charge in [0.05, 0.1) is 0 Å². The van der Waals surface area contributed by atoms with Crippen molar-refractivity contribution in [3.8, 4) is 0 Å². The Morgan fingerprint density at radius 1 is 1.00 bits per heavy atom. The van der Waals surface area contributed by atoms with Crippen molar-refractivity contribution in [2.75, 3.05) is 11.1 Å². The molecule has 1 heterocycles. The molecule has 0 fully saturated rings. The van der Waals surface area contributed by atoms with Gasteiger partial charge in [0, 0.05) is 17.4 Å². The normalized spacial score (nSPS) is 8.47. The number of nitrogens with two attached hydrogens (primary N) is 1. The fourth-order valence-corrected chi connectivity index (χ4v) is 1.17. The molecule has 19 heavy (non-hydrogen) atoms. The van der Waals surface area contributed by atoms with Crippen molar-refractivity contribution in [1.82, 2.24) is 9.97 Å². The van der Waals surface area contributed by atoms with Gasteiger partial charge in [-0.05, 0) is 19.1 Å². The Bertz CT molecular complexity index is 455. The van der Waals surface area contributed by atoms with Crippen LogP contribution in [0.15, 0.2) is 36.5 Å². The smallest absolute Gasteiger partial charge is 0.229 e. The molecule has 0 unspecified atom stereocenters. The van der Waals surface area contributed by atoms with Crippen LogP contribution in [0.3, 0.4) is 0 Å². The summed E-state index contributed by atoms with van der Waals surface area (Å²) in [5.74, 6) is 1.02. The van der Waals surface area contributed by atoms with Crippen LogP contribution in [0.4, 0.5) is 17.5 Å². The molecule has 0 saturated heterocycles. The predicted octanol–water partition coefficient (Wildman–Crippen LogP) is 4.16. The number of hydrogen-bond acceptors (Lipinski definition) is 4. The van der Waals surface area contributed by atoms with Gasteiger partial charge in [0.15, 0.2) is 0 Å². The zero-order valence-electron chi connectivity index (χ0n) is 12.4. The monoisotopic (exact) mass is 260 g/mol. The SMILES string of the molecule is CC.CC.Cc1cnc(Nc2ccccc2)nc1N. The van der Waals surface area contributed by atoms with E-state index in [0.29, 0.717) is 11.8 Å². The number of benzene rings is 1. The first-order valence-corrected chi connectivity index (χ1v) is 6.67. The van der Waals surface area contributed by atoms with Crippen molar-refractivity contribution in [2.45, 2.75) is 34.6 Å². The number of para-hydroxylation sites is 1. The number of hydrogen-bond donors (Lipinski definition) is 2. The van der Waals surface area contributed by atoms with Crippen LogP contribution >= 0.6 is 0 Å². The average molecular weight is 260 g/mol. The Hall–Kier alpha value is -2.10. The van der Waals surface area contributed by atoms with Crippen LogP contribution in [0, 0.1) is 6.92 Å². The Morgan fingerprint density at radius 2 is 1.58 bits per heavy atom. The summed E-state index contributed by atoms with van der Waals surface area (Å²) in [6.45, 7) is 9.88. The minimum atomic E-state index is 0.503. The molecule has 3 N–H and O–H groups in total. The fraction of sp³-hybridized carbons (Fsp3) is 0.333. The number of nitrogens with zero attached hydrogens (tertiary/aromatic N) is 2. The second-order valence-electron chi connectivity index (χ2n) is 3.25. The highest BCUT2D eigenvalue weighted by atomic mass is 15.1. The molecule has 2 rings (SSSR count). The second kappa shape index (κ2) is 9.88. The summed E-state index contributed by atoms with van der Waals surface area (Å²) < 4.78 is 0. The molecule has 0 saturated carbocycles. The van der Waals surface area contributed by atoms with E-state index in [2.05, 4.69) is 15.3 Å². The molecule has 4 heteroatoms. The summed E-state index contributed by atoms with van der Waals surface area (Å²) >= 11 is 0. The summed E-state index contributed by atoms with van der Waals surface area (Å²) in [5, 5.41) is 3.07. The number of aryl methyl sites for hydroxylation is 1. The standard InChI is InChI=1S/C11H12N4.2C2H6/c1-8-7-13-11(15-10(8)12)14-9-5-3-2-4-6-9;2*1-2/h2-7H,1H3,(H3,12,13,14,15);2*1-2H3. The van der Waals surface area contributed by atoms with Gasteiger partial charge < -0.3 is 11.1 Å². The molecule has 0 aliphatic carbocycles. The van der Waals surface area contributed by atoms with Crippen LogP contribution in [0.5, 0.6) is 0 Å². The third kappa shape index (κ3) is 5.86. The van der Waals surface area contributed by atoms with Gasteiger partial charge in [-0.2, -0.15) is 4.98 Å². The van der Waals surface area contributed by atoms with Crippen molar-refractivity contribution in [3.63, 3.8) is 0 Å². The molecular formula is C15H24N4. The topological polar surface area (TPSA) is 63.8 Å². The van der Waals surface area contributed by atoms with E-state index in [4.69, 9.17) is 5.73 Å². The van der Waals surface area contributed by atoms with Gasteiger partial charge in [-0.15, -0.1) is 0 Å². The minimum absolute atomic E-state index is 0.503. The molecule has 0 bridgehead atoms. The van der Waals surface area contributed by atoms with Crippen molar-refractivity contribution in [3.05, 3.63) is 42.1 Å². The fourth-order valence-electron chi connectivity index (χ4n) is 1.17. The molecule has 2 aromatic rings. The molecule has 1 aromatic heterocycles. The van der Waals surface area contributed by atoms with Gasteiger partial charge in [-0.25, -0.2) is 4.98 Å². The lowest BCUT2D eigenvalue weighted by Gasteiger charge is -2.05. The molecule has 0 radical (unpaired) electrons. The van der Waals surface area contributed by atoms with Gasteiger partial charge in [0.25, 0.3) is 0 Å². The molecule has 4 nitrogen and oxygen atoms in total. The molecule has 0 spiro atoms. The lowest BCUT2D eigenvalue weighted by molar-refractivity contribution is 1.14. The maximum Gasteiger partial charge on any atom is 0.229 e. The molecule has 0 aliphatic rings. The van der Waals surface area contributed by atoms with E-state index < -0.39 is 0 Å². The number of nitrogens with one attached hydrogen (secondary N) is 1. The maximum atomic E-state index is 5.68. The lowest BCUT2D eigenvalue weighted by atomic mass is 10.3. The minimum Gasteiger partial charge on any atom is -0.383 e. The average Bonchev–Trinajstić information content (AvgIpc) is 2.48. The van der Waals surface area contributed by atoms with Crippen LogP contribution in [-0.4, -0.2) is 9.97 Å². The molecule has 0 amide bonds.